The van der Waals surface area contributed by atoms with E-state index in [4.69, 9.17) is 9.05 Å². The van der Waals surface area contributed by atoms with Crippen LogP contribution in [-0.4, -0.2) is 68.5 Å². The second-order valence-electron chi connectivity index (χ2n) is 23.1. The molecule has 0 saturated heterocycles. The lowest BCUT2D eigenvalue weighted by atomic mass is 10.0. The van der Waals surface area contributed by atoms with Gasteiger partial charge in [-0.25, -0.2) is 0 Å². The molecule has 3 atom stereocenters. The van der Waals surface area contributed by atoms with Gasteiger partial charge < -0.3 is 28.8 Å². The Morgan fingerprint density at radius 3 is 1.14 bits per heavy atom. The van der Waals surface area contributed by atoms with E-state index in [0.717, 1.165) is 96.3 Å². The molecule has 0 aromatic rings. The standard InChI is InChI=1S/C69H125N2O6P/c1-6-8-10-12-14-16-18-20-22-24-26-28-30-31-32-33-34-35-36-37-38-39-41-43-45-47-49-51-53-55-57-59-61-63-69(73)70-67(66-77-78(74,75)76-65-64-71(3,4)5)68(72)62-60-58-56-54-52-50-48-46-44-42-40-29-27-25-23-21-19-17-15-13-11-9-7-2/h8,10,14,16,20,22,26,28,31-32,34-35,37-38,41,43,67-68,72H,6-7,9,11-13,15,17-19,21,23-25,27,29-30,33,36,39-40,42,44-66H2,1-5H3,(H-,70,73,74,75)/b10-8-,16-14-,22-20-,28-26-,32-31-,35-34-,38-37-,43-41-. The minimum absolute atomic E-state index is 0.00640. The first kappa shape index (κ1) is 75.4. The summed E-state index contributed by atoms with van der Waals surface area (Å²) in [4.78, 5) is 25.6. The van der Waals surface area contributed by atoms with Crippen molar-refractivity contribution in [3.63, 3.8) is 0 Å². The van der Waals surface area contributed by atoms with Crippen molar-refractivity contribution in [1.29, 1.82) is 0 Å². The van der Waals surface area contributed by atoms with Crippen LogP contribution in [0.1, 0.15) is 284 Å². The number of quaternary nitrogens is 1. The van der Waals surface area contributed by atoms with Crippen LogP contribution in [-0.2, 0) is 18.4 Å². The molecule has 9 heteroatoms. The lowest BCUT2D eigenvalue weighted by Gasteiger charge is -2.30. The Bertz CT molecular complexity index is 1590. The van der Waals surface area contributed by atoms with Gasteiger partial charge in [-0.3, -0.25) is 9.36 Å². The number of hydrogen-bond donors (Lipinski definition) is 2. The van der Waals surface area contributed by atoms with Crippen molar-refractivity contribution < 1.29 is 32.9 Å². The van der Waals surface area contributed by atoms with Gasteiger partial charge in [0.05, 0.1) is 39.9 Å². The molecule has 0 aliphatic carbocycles. The van der Waals surface area contributed by atoms with Crippen LogP contribution < -0.4 is 10.2 Å². The summed E-state index contributed by atoms with van der Waals surface area (Å²) < 4.78 is 23.5. The smallest absolute Gasteiger partial charge is 0.268 e. The summed E-state index contributed by atoms with van der Waals surface area (Å²) in [5, 5.41) is 14.1. The van der Waals surface area contributed by atoms with Crippen LogP contribution in [0.3, 0.4) is 0 Å². The van der Waals surface area contributed by atoms with Crippen molar-refractivity contribution in [3.8, 4) is 0 Å². The van der Waals surface area contributed by atoms with Crippen molar-refractivity contribution in [2.24, 2.45) is 0 Å². The van der Waals surface area contributed by atoms with Gasteiger partial charge in [0.1, 0.15) is 13.2 Å². The number of hydrogen-bond acceptors (Lipinski definition) is 6. The molecule has 0 rings (SSSR count). The van der Waals surface area contributed by atoms with Gasteiger partial charge in [0.25, 0.3) is 7.82 Å². The molecule has 0 aliphatic heterocycles. The van der Waals surface area contributed by atoms with E-state index in [1.807, 2.05) is 21.1 Å². The summed E-state index contributed by atoms with van der Waals surface area (Å²) in [7, 11) is 1.29. The van der Waals surface area contributed by atoms with Crippen LogP contribution in [0.25, 0.3) is 0 Å². The molecule has 0 heterocycles. The van der Waals surface area contributed by atoms with Crippen molar-refractivity contribution in [1.82, 2.24) is 5.32 Å². The predicted octanol–water partition coefficient (Wildman–Crippen LogP) is 19.9. The third-order valence-electron chi connectivity index (χ3n) is 14.3. The summed E-state index contributed by atoms with van der Waals surface area (Å²) in [6.45, 7) is 4.62. The third kappa shape index (κ3) is 61.0. The molecule has 2 N–H and O–H groups in total. The number of likely N-dealkylation sites (N-methyl/N-ethyl adjacent to an activating group) is 1. The minimum Gasteiger partial charge on any atom is -0.756 e. The van der Waals surface area contributed by atoms with Gasteiger partial charge in [0.2, 0.25) is 5.91 Å². The summed E-state index contributed by atoms with van der Waals surface area (Å²) in [5.41, 5.74) is 0. The maximum Gasteiger partial charge on any atom is 0.268 e. The van der Waals surface area contributed by atoms with Crippen LogP contribution in [0.4, 0.5) is 0 Å². The number of carbonyl (C=O) groups excluding carboxylic acids is 1. The van der Waals surface area contributed by atoms with E-state index >= 15 is 0 Å². The number of aliphatic hydroxyl groups is 1. The zero-order chi connectivity index (χ0) is 57.0. The van der Waals surface area contributed by atoms with Crippen LogP contribution in [0.5, 0.6) is 0 Å². The molecule has 0 radical (unpaired) electrons. The summed E-state index contributed by atoms with van der Waals surface area (Å²) >= 11 is 0. The van der Waals surface area contributed by atoms with Gasteiger partial charge in [-0.05, 0) is 77.0 Å². The van der Waals surface area contributed by atoms with Crippen molar-refractivity contribution in [2.45, 2.75) is 296 Å². The average molecular weight is 1110 g/mol. The van der Waals surface area contributed by atoms with E-state index in [1.54, 1.807) is 0 Å². The third-order valence-corrected chi connectivity index (χ3v) is 15.3. The number of nitrogens with one attached hydrogen (secondary N) is 1. The molecule has 0 aliphatic rings. The highest BCUT2D eigenvalue weighted by atomic mass is 31.2. The highest BCUT2D eigenvalue weighted by Crippen LogP contribution is 2.38. The Balaban J connectivity index is 4.15. The highest BCUT2D eigenvalue weighted by Gasteiger charge is 2.24. The fourth-order valence-corrected chi connectivity index (χ4v) is 10.0. The maximum atomic E-state index is 13.0. The number of rotatable bonds is 59. The van der Waals surface area contributed by atoms with E-state index in [1.165, 1.54) is 161 Å². The first-order valence-corrected chi connectivity index (χ1v) is 34.0. The van der Waals surface area contributed by atoms with Gasteiger partial charge >= 0.3 is 0 Å². The predicted molar refractivity (Wildman–Crippen MR) is 339 cm³/mol. The zero-order valence-corrected chi connectivity index (χ0v) is 52.5. The second-order valence-corrected chi connectivity index (χ2v) is 24.5. The Hall–Kier alpha value is -2.58. The quantitative estimate of drug-likeness (QED) is 0.0272. The Kier molecular flexibility index (Phi) is 57.1. The molecule has 0 bridgehead atoms. The number of phosphoric acid groups is 1. The lowest BCUT2D eigenvalue weighted by Crippen LogP contribution is -2.46. The van der Waals surface area contributed by atoms with E-state index < -0.39 is 20.0 Å². The van der Waals surface area contributed by atoms with Crippen LogP contribution in [0.2, 0.25) is 0 Å². The van der Waals surface area contributed by atoms with Crippen molar-refractivity contribution >= 4 is 13.7 Å². The summed E-state index contributed by atoms with van der Waals surface area (Å²) in [6.07, 6.45) is 84.5. The lowest BCUT2D eigenvalue weighted by molar-refractivity contribution is -0.870. The number of unbranched alkanes of at least 4 members (excludes halogenated alkanes) is 30. The molecular formula is C69H125N2O6P. The molecule has 3 unspecified atom stereocenters. The number of carbonyl (C=O) groups is 1. The molecule has 0 saturated carbocycles. The van der Waals surface area contributed by atoms with E-state index in [2.05, 4.69) is 116 Å². The first-order valence-electron chi connectivity index (χ1n) is 32.6. The van der Waals surface area contributed by atoms with Gasteiger partial charge in [0.15, 0.2) is 0 Å². The SMILES string of the molecule is CC/C=C\C/C=C\C/C=C\C/C=C\C/C=C\C/C=C\C/C=C\C/C=C\CCCCCCCCCCC(=O)NC(COP(=O)([O-])OCC[N+](C)(C)C)C(O)CCCCCCCCCCCCCCCCCCCCCCCCC. The number of allylic oxidation sites excluding steroid dienone is 16. The Morgan fingerprint density at radius 1 is 0.462 bits per heavy atom. The maximum absolute atomic E-state index is 13.0. The van der Waals surface area contributed by atoms with Crippen LogP contribution >= 0.6 is 7.82 Å². The number of amides is 1. The Morgan fingerprint density at radius 2 is 0.782 bits per heavy atom. The van der Waals surface area contributed by atoms with Crippen molar-refractivity contribution in [3.05, 3.63) is 97.2 Å². The summed E-state index contributed by atoms with van der Waals surface area (Å²) in [6, 6.07) is -0.813. The van der Waals surface area contributed by atoms with E-state index in [0.29, 0.717) is 23.9 Å². The van der Waals surface area contributed by atoms with Gasteiger partial charge in [-0.2, -0.15) is 0 Å². The molecular weight excluding hydrogens is 984 g/mol. The minimum atomic E-state index is -4.59. The molecule has 0 aromatic carbocycles. The van der Waals surface area contributed by atoms with E-state index in [9.17, 15) is 19.4 Å². The number of nitrogens with zero attached hydrogens (tertiary/aromatic N) is 1. The zero-order valence-electron chi connectivity index (χ0n) is 51.6. The van der Waals surface area contributed by atoms with Gasteiger partial charge in [-0.15, -0.1) is 0 Å². The molecule has 0 aromatic heterocycles. The summed E-state index contributed by atoms with van der Waals surface area (Å²) in [5.74, 6) is -0.174. The van der Waals surface area contributed by atoms with Crippen molar-refractivity contribution in [2.75, 3.05) is 40.9 Å². The topological polar surface area (TPSA) is 108 Å². The second kappa shape index (κ2) is 59.1. The number of aliphatic hydroxyl groups excluding tert-OH is 1. The molecule has 452 valence electrons. The van der Waals surface area contributed by atoms with Gasteiger partial charge in [-0.1, -0.05) is 297 Å². The monoisotopic (exact) mass is 1110 g/mol. The van der Waals surface area contributed by atoms with Gasteiger partial charge in [0, 0.05) is 6.42 Å². The molecule has 8 nitrogen and oxygen atoms in total. The first-order chi connectivity index (χ1) is 38.0. The number of phosphoric ester groups is 1. The largest absolute Gasteiger partial charge is 0.756 e. The fourth-order valence-electron chi connectivity index (χ4n) is 9.29. The average Bonchev–Trinajstić information content (AvgIpc) is 3.41. The molecule has 0 spiro atoms. The van der Waals surface area contributed by atoms with Crippen LogP contribution in [0, 0.1) is 0 Å². The fraction of sp³-hybridized carbons (Fsp3) is 0.754. The molecule has 0 fully saturated rings. The molecule has 78 heavy (non-hydrogen) atoms. The normalized spacial score (nSPS) is 14.4. The molecule has 1 amide bonds. The van der Waals surface area contributed by atoms with E-state index in [-0.39, 0.29) is 19.1 Å². The Labute approximate surface area is 483 Å². The van der Waals surface area contributed by atoms with Crippen LogP contribution in [0.15, 0.2) is 97.2 Å². The highest BCUT2D eigenvalue weighted by molar-refractivity contribution is 7.45.